The van der Waals surface area contributed by atoms with Gasteiger partial charge in [0.25, 0.3) is 0 Å². The summed E-state index contributed by atoms with van der Waals surface area (Å²) in [5.41, 5.74) is -0.0528. The predicted molar refractivity (Wildman–Crippen MR) is 77.0 cm³/mol. The van der Waals surface area contributed by atoms with Crippen LogP contribution in [0.2, 0.25) is 0 Å². The molecule has 2 heterocycles. The summed E-state index contributed by atoms with van der Waals surface area (Å²) in [5, 5.41) is 8.93. The molecule has 2 saturated heterocycles. The van der Waals surface area contributed by atoms with Gasteiger partial charge in [-0.3, -0.25) is 4.21 Å². The van der Waals surface area contributed by atoms with Gasteiger partial charge in [-0.1, -0.05) is 0 Å². The summed E-state index contributed by atoms with van der Waals surface area (Å²) in [6.07, 6.45) is 2.36. The molecule has 0 amide bonds. The van der Waals surface area contributed by atoms with Crippen LogP contribution in [0.4, 0.5) is 0 Å². The van der Waals surface area contributed by atoms with Gasteiger partial charge in [0.15, 0.2) is 0 Å². The van der Waals surface area contributed by atoms with Gasteiger partial charge in [0, 0.05) is 29.8 Å². The van der Waals surface area contributed by atoms with E-state index in [-0.39, 0.29) is 16.4 Å². The molecule has 114 valence electrons. The van der Waals surface area contributed by atoms with Crippen LogP contribution in [0.25, 0.3) is 0 Å². The molecule has 0 aromatic heterocycles. The molecule has 2 aliphatic heterocycles. The average molecular weight is 310 g/mol. The van der Waals surface area contributed by atoms with Gasteiger partial charge in [-0.05, 0) is 37.1 Å². The zero-order valence-corrected chi connectivity index (χ0v) is 12.4. The molecule has 2 fully saturated rings. The van der Waals surface area contributed by atoms with Gasteiger partial charge in [-0.2, -0.15) is 0 Å². The maximum atomic E-state index is 12.7. The van der Waals surface area contributed by atoms with Crippen molar-refractivity contribution in [1.82, 2.24) is 0 Å². The second-order valence-corrected chi connectivity index (χ2v) is 7.31. The molecule has 0 saturated carbocycles. The van der Waals surface area contributed by atoms with Crippen molar-refractivity contribution in [3.05, 3.63) is 29.8 Å². The molecule has 3 atom stereocenters. The molecule has 1 spiro atoms. The summed E-state index contributed by atoms with van der Waals surface area (Å²) in [4.78, 5) is 11.5. The van der Waals surface area contributed by atoms with E-state index in [1.165, 1.54) is 12.1 Å². The summed E-state index contributed by atoms with van der Waals surface area (Å²) in [6, 6.07) is 6.30. The third kappa shape index (κ3) is 3.02. The van der Waals surface area contributed by atoms with E-state index in [0.717, 1.165) is 19.3 Å². The molecule has 6 heteroatoms. The highest BCUT2D eigenvalue weighted by molar-refractivity contribution is 7.85. The summed E-state index contributed by atoms with van der Waals surface area (Å²) in [7, 11) is -1.14. The lowest BCUT2D eigenvalue weighted by atomic mass is 9.93. The molecular formula is C15H18O5S. The molecule has 3 unspecified atom stereocenters. The highest BCUT2D eigenvalue weighted by Gasteiger charge is 2.42. The molecule has 0 aliphatic carbocycles. The van der Waals surface area contributed by atoms with E-state index < -0.39 is 16.8 Å². The van der Waals surface area contributed by atoms with Crippen molar-refractivity contribution in [3.8, 4) is 0 Å². The Morgan fingerprint density at radius 1 is 1.29 bits per heavy atom. The smallest absolute Gasteiger partial charge is 0.335 e. The topological polar surface area (TPSA) is 72.8 Å². The first-order chi connectivity index (χ1) is 10.1. The van der Waals surface area contributed by atoms with Crippen molar-refractivity contribution in [2.24, 2.45) is 0 Å². The van der Waals surface area contributed by atoms with Crippen molar-refractivity contribution in [2.45, 2.75) is 35.0 Å². The summed E-state index contributed by atoms with van der Waals surface area (Å²) in [6.45, 7) is 1.89. The quantitative estimate of drug-likeness (QED) is 0.922. The molecule has 0 bridgehead atoms. The van der Waals surface area contributed by atoms with Gasteiger partial charge >= 0.3 is 5.97 Å². The van der Waals surface area contributed by atoms with Crippen LogP contribution in [0.3, 0.4) is 0 Å². The minimum atomic E-state index is -1.14. The Bertz CT molecular complexity index is 548. The standard InChI is InChI=1S/C15H18O5S/c16-14(17)11-1-3-12(4-2-11)21(18)13-5-7-20-15(9-13)6-8-19-10-15/h1-4,13H,5-10H2,(H,16,17). The van der Waals surface area contributed by atoms with Crippen molar-refractivity contribution < 1.29 is 23.6 Å². The van der Waals surface area contributed by atoms with Crippen LogP contribution in [0.5, 0.6) is 0 Å². The van der Waals surface area contributed by atoms with Crippen molar-refractivity contribution >= 4 is 16.8 Å². The first kappa shape index (κ1) is 14.7. The Hall–Kier alpha value is -1.24. The van der Waals surface area contributed by atoms with Crippen molar-refractivity contribution in [3.63, 3.8) is 0 Å². The lowest BCUT2D eigenvalue weighted by Gasteiger charge is -2.36. The molecule has 0 radical (unpaired) electrons. The molecule has 21 heavy (non-hydrogen) atoms. The molecule has 3 rings (SSSR count). The van der Waals surface area contributed by atoms with Crippen LogP contribution in [-0.4, -0.2) is 46.0 Å². The Labute approximate surface area is 125 Å². The Morgan fingerprint density at radius 2 is 2.05 bits per heavy atom. The van der Waals surface area contributed by atoms with E-state index in [1.54, 1.807) is 12.1 Å². The SMILES string of the molecule is O=C(O)c1ccc(S(=O)C2CCOC3(CCOC3)C2)cc1. The number of benzene rings is 1. The first-order valence-corrected chi connectivity index (χ1v) is 8.27. The van der Waals surface area contributed by atoms with Crippen LogP contribution in [0.15, 0.2) is 29.2 Å². The van der Waals surface area contributed by atoms with Crippen LogP contribution in [0.1, 0.15) is 29.6 Å². The molecule has 1 aromatic carbocycles. The van der Waals surface area contributed by atoms with Crippen LogP contribution < -0.4 is 0 Å². The van der Waals surface area contributed by atoms with Crippen LogP contribution >= 0.6 is 0 Å². The second-order valence-electron chi connectivity index (χ2n) is 5.58. The lowest BCUT2D eigenvalue weighted by molar-refractivity contribution is -0.0774. The number of hydrogen-bond donors (Lipinski definition) is 1. The van der Waals surface area contributed by atoms with E-state index in [4.69, 9.17) is 14.6 Å². The van der Waals surface area contributed by atoms with E-state index in [1.807, 2.05) is 0 Å². The van der Waals surface area contributed by atoms with E-state index in [2.05, 4.69) is 0 Å². The first-order valence-electron chi connectivity index (χ1n) is 7.05. The van der Waals surface area contributed by atoms with Gasteiger partial charge in [0.2, 0.25) is 0 Å². The fourth-order valence-electron chi connectivity index (χ4n) is 2.95. The lowest BCUT2D eigenvalue weighted by Crippen LogP contribution is -2.43. The molecule has 2 aliphatic rings. The molecular weight excluding hydrogens is 292 g/mol. The van der Waals surface area contributed by atoms with Gasteiger partial charge in [0.05, 0.1) is 28.6 Å². The third-order valence-corrected chi connectivity index (χ3v) is 5.90. The van der Waals surface area contributed by atoms with Gasteiger partial charge in [0.1, 0.15) is 0 Å². The molecule has 1 aromatic rings. The number of hydrogen-bond acceptors (Lipinski definition) is 4. The zero-order chi connectivity index (χ0) is 14.9. The van der Waals surface area contributed by atoms with Gasteiger partial charge in [-0.25, -0.2) is 4.79 Å². The third-order valence-electron chi connectivity index (χ3n) is 4.15. The monoisotopic (exact) mass is 310 g/mol. The van der Waals surface area contributed by atoms with Crippen molar-refractivity contribution in [1.29, 1.82) is 0 Å². The number of rotatable bonds is 3. The number of ether oxygens (including phenoxy) is 2. The Kier molecular flexibility index (Phi) is 4.10. The molecule has 5 nitrogen and oxygen atoms in total. The Balaban J connectivity index is 1.73. The number of carboxylic acid groups (broad SMARTS) is 1. The minimum Gasteiger partial charge on any atom is -0.478 e. The Morgan fingerprint density at radius 3 is 2.67 bits per heavy atom. The fourth-order valence-corrected chi connectivity index (χ4v) is 4.51. The highest BCUT2D eigenvalue weighted by Crippen LogP contribution is 2.35. The number of aromatic carboxylic acids is 1. The van der Waals surface area contributed by atoms with Crippen LogP contribution in [-0.2, 0) is 20.3 Å². The number of carbonyl (C=O) groups is 1. The normalized spacial score (nSPS) is 30.4. The van der Waals surface area contributed by atoms with Gasteiger partial charge in [-0.15, -0.1) is 0 Å². The van der Waals surface area contributed by atoms with Gasteiger partial charge < -0.3 is 14.6 Å². The highest BCUT2D eigenvalue weighted by atomic mass is 32.2. The summed E-state index contributed by atoms with van der Waals surface area (Å²) < 4.78 is 24.0. The summed E-state index contributed by atoms with van der Waals surface area (Å²) >= 11 is 0. The maximum absolute atomic E-state index is 12.7. The number of carboxylic acids is 1. The summed E-state index contributed by atoms with van der Waals surface area (Å²) in [5.74, 6) is -0.972. The van der Waals surface area contributed by atoms with Crippen molar-refractivity contribution in [2.75, 3.05) is 19.8 Å². The molecule has 1 N–H and O–H groups in total. The van der Waals surface area contributed by atoms with Crippen LogP contribution in [0, 0.1) is 0 Å². The van der Waals surface area contributed by atoms with E-state index in [9.17, 15) is 9.00 Å². The zero-order valence-electron chi connectivity index (χ0n) is 11.6. The largest absolute Gasteiger partial charge is 0.478 e. The predicted octanol–water partition coefficient (Wildman–Crippen LogP) is 1.83. The second kappa shape index (κ2) is 5.87. The van der Waals surface area contributed by atoms with E-state index in [0.29, 0.717) is 24.7 Å². The fraction of sp³-hybridized carbons (Fsp3) is 0.533. The average Bonchev–Trinajstić information content (AvgIpc) is 2.94. The van der Waals surface area contributed by atoms with E-state index >= 15 is 0 Å². The minimum absolute atomic E-state index is 0.0381. The maximum Gasteiger partial charge on any atom is 0.335 e.